The standard InChI is InChI=1S/C13H8Cl2INO5S/c14-7-1-2-10(9(16)5-7)17-23(21,22)11-4-6(13(19)20)3-8(15)12(11)18/h1-5,17-18H,(H,19,20). The van der Waals surface area contributed by atoms with Gasteiger partial charge in [0.05, 0.1) is 16.3 Å². The fraction of sp³-hybridized carbons (Fsp3) is 0. The first-order chi connectivity index (χ1) is 10.6. The lowest BCUT2D eigenvalue weighted by Gasteiger charge is -2.12. The van der Waals surface area contributed by atoms with Gasteiger partial charge in [0.2, 0.25) is 0 Å². The van der Waals surface area contributed by atoms with Crippen molar-refractivity contribution in [3.8, 4) is 5.75 Å². The smallest absolute Gasteiger partial charge is 0.335 e. The molecule has 0 fully saturated rings. The maximum absolute atomic E-state index is 12.4. The molecule has 6 nitrogen and oxygen atoms in total. The summed E-state index contributed by atoms with van der Waals surface area (Å²) in [5.41, 5.74) is -0.134. The lowest BCUT2D eigenvalue weighted by molar-refractivity contribution is 0.0696. The first-order valence-electron chi connectivity index (χ1n) is 5.85. The van der Waals surface area contributed by atoms with Crippen LogP contribution in [-0.2, 0) is 10.0 Å². The first-order valence-corrected chi connectivity index (χ1v) is 9.17. The van der Waals surface area contributed by atoms with E-state index in [0.717, 1.165) is 12.1 Å². The number of halogens is 3. The summed E-state index contributed by atoms with van der Waals surface area (Å²) >= 11 is 13.4. The van der Waals surface area contributed by atoms with Crippen LogP contribution in [0.25, 0.3) is 0 Å². The number of phenolic OH excluding ortho intramolecular Hbond substituents is 1. The van der Waals surface area contributed by atoms with Crippen LogP contribution < -0.4 is 4.72 Å². The van der Waals surface area contributed by atoms with Crippen LogP contribution in [0.5, 0.6) is 5.75 Å². The summed E-state index contributed by atoms with van der Waals surface area (Å²) in [6.45, 7) is 0. The van der Waals surface area contributed by atoms with Crippen molar-refractivity contribution >= 4 is 67.5 Å². The molecule has 0 saturated heterocycles. The van der Waals surface area contributed by atoms with Crippen molar-refractivity contribution < 1.29 is 23.4 Å². The molecule has 0 atom stereocenters. The number of anilines is 1. The third kappa shape index (κ3) is 4.00. The van der Waals surface area contributed by atoms with Crippen LogP contribution in [0.4, 0.5) is 5.69 Å². The molecule has 0 unspecified atom stereocenters. The highest BCUT2D eigenvalue weighted by atomic mass is 127. The molecule has 0 aliphatic rings. The van der Waals surface area contributed by atoms with Gasteiger partial charge in [0.1, 0.15) is 4.90 Å². The summed E-state index contributed by atoms with van der Waals surface area (Å²) in [6, 6.07) is 6.27. The van der Waals surface area contributed by atoms with Gasteiger partial charge in [-0.2, -0.15) is 0 Å². The quantitative estimate of drug-likeness (QED) is 0.569. The highest BCUT2D eigenvalue weighted by Crippen LogP contribution is 2.34. The molecule has 0 spiro atoms. The molecule has 0 bridgehead atoms. The van der Waals surface area contributed by atoms with E-state index in [1.54, 1.807) is 6.07 Å². The molecule has 2 aromatic carbocycles. The van der Waals surface area contributed by atoms with Crippen LogP contribution in [0, 0.1) is 3.57 Å². The Morgan fingerprint density at radius 3 is 2.39 bits per heavy atom. The van der Waals surface area contributed by atoms with Gasteiger partial charge in [0, 0.05) is 8.59 Å². The van der Waals surface area contributed by atoms with E-state index in [0.29, 0.717) is 8.59 Å². The van der Waals surface area contributed by atoms with Crippen molar-refractivity contribution in [3.05, 3.63) is 49.5 Å². The van der Waals surface area contributed by atoms with Crippen LogP contribution in [-0.4, -0.2) is 24.6 Å². The summed E-state index contributed by atoms with van der Waals surface area (Å²) in [7, 11) is -4.25. The number of carboxylic acid groups (broad SMARTS) is 1. The van der Waals surface area contributed by atoms with E-state index in [1.165, 1.54) is 12.1 Å². The number of phenols is 1. The van der Waals surface area contributed by atoms with E-state index in [1.807, 2.05) is 22.6 Å². The van der Waals surface area contributed by atoms with Crippen LogP contribution in [0.15, 0.2) is 35.2 Å². The Morgan fingerprint density at radius 1 is 1.17 bits per heavy atom. The number of nitrogens with one attached hydrogen (secondary N) is 1. The van der Waals surface area contributed by atoms with Crippen molar-refractivity contribution in [2.75, 3.05) is 4.72 Å². The van der Waals surface area contributed by atoms with E-state index in [9.17, 15) is 18.3 Å². The molecule has 23 heavy (non-hydrogen) atoms. The highest BCUT2D eigenvalue weighted by Gasteiger charge is 2.24. The predicted molar refractivity (Wildman–Crippen MR) is 95.1 cm³/mol. The summed E-state index contributed by atoms with van der Waals surface area (Å²) in [4.78, 5) is 10.4. The minimum Gasteiger partial charge on any atom is -0.505 e. The van der Waals surface area contributed by atoms with Crippen molar-refractivity contribution in [1.29, 1.82) is 0 Å². The van der Waals surface area contributed by atoms with E-state index >= 15 is 0 Å². The van der Waals surface area contributed by atoms with Crippen molar-refractivity contribution in [3.63, 3.8) is 0 Å². The second-order valence-corrected chi connectivity index (χ2v) is 8.00. The van der Waals surface area contributed by atoms with Gasteiger partial charge in [0.15, 0.2) is 5.75 Å². The maximum Gasteiger partial charge on any atom is 0.335 e. The third-order valence-corrected chi connectivity index (χ3v) is 5.53. The molecular formula is C13H8Cl2INO5S. The summed E-state index contributed by atoms with van der Waals surface area (Å²) < 4.78 is 27.6. The molecule has 0 aliphatic carbocycles. The Kier molecular flexibility index (Phi) is 5.29. The van der Waals surface area contributed by atoms with Crippen molar-refractivity contribution in [2.24, 2.45) is 0 Å². The fourth-order valence-electron chi connectivity index (χ4n) is 1.67. The zero-order valence-corrected chi connectivity index (χ0v) is 15.5. The number of carbonyl (C=O) groups is 1. The molecule has 0 aromatic heterocycles. The number of sulfonamides is 1. The van der Waals surface area contributed by atoms with Crippen LogP contribution in [0.2, 0.25) is 10.0 Å². The number of hydrogen-bond acceptors (Lipinski definition) is 4. The number of benzene rings is 2. The molecule has 0 amide bonds. The van der Waals surface area contributed by atoms with Gasteiger partial charge in [0.25, 0.3) is 10.0 Å². The monoisotopic (exact) mass is 487 g/mol. The van der Waals surface area contributed by atoms with E-state index in [-0.39, 0.29) is 16.3 Å². The average Bonchev–Trinajstić information content (AvgIpc) is 2.44. The molecule has 0 radical (unpaired) electrons. The molecular weight excluding hydrogens is 480 g/mol. The van der Waals surface area contributed by atoms with E-state index < -0.39 is 26.6 Å². The zero-order valence-electron chi connectivity index (χ0n) is 11.0. The number of hydrogen-bond donors (Lipinski definition) is 3. The molecule has 10 heteroatoms. The van der Waals surface area contributed by atoms with Gasteiger partial charge < -0.3 is 10.2 Å². The first kappa shape index (κ1) is 18.1. The van der Waals surface area contributed by atoms with Gasteiger partial charge in [-0.25, -0.2) is 13.2 Å². The Hall–Kier alpha value is -1.23. The molecule has 3 N–H and O–H groups in total. The average molecular weight is 488 g/mol. The van der Waals surface area contributed by atoms with Gasteiger partial charge in [-0.1, -0.05) is 23.2 Å². The number of aromatic carboxylic acids is 1. The molecule has 0 saturated carbocycles. The second-order valence-electron chi connectivity index (χ2n) is 4.34. The summed E-state index contributed by atoms with van der Waals surface area (Å²) in [5, 5.41) is 18.9. The van der Waals surface area contributed by atoms with Gasteiger partial charge in [-0.05, 0) is 52.9 Å². The van der Waals surface area contributed by atoms with Crippen molar-refractivity contribution in [1.82, 2.24) is 0 Å². The zero-order chi connectivity index (χ0) is 17.4. The Labute approximate surface area is 155 Å². The summed E-state index contributed by atoms with van der Waals surface area (Å²) in [5.74, 6) is -2.10. The SMILES string of the molecule is O=C(O)c1cc(Cl)c(O)c(S(=O)(=O)Nc2ccc(Cl)cc2I)c1. The van der Waals surface area contributed by atoms with E-state index in [2.05, 4.69) is 4.72 Å². The Bertz CT molecular complexity index is 901. The van der Waals surface area contributed by atoms with Crippen LogP contribution in [0.3, 0.4) is 0 Å². The molecule has 2 aromatic rings. The molecule has 2 rings (SSSR count). The number of aromatic hydroxyl groups is 1. The second kappa shape index (κ2) is 6.71. The molecule has 0 aliphatic heterocycles. The minimum absolute atomic E-state index is 0.228. The van der Waals surface area contributed by atoms with Gasteiger partial charge in [-0.3, -0.25) is 4.72 Å². The minimum atomic E-state index is -4.25. The Morgan fingerprint density at radius 2 is 1.83 bits per heavy atom. The van der Waals surface area contributed by atoms with Crippen LogP contribution >= 0.6 is 45.8 Å². The Balaban J connectivity index is 2.53. The predicted octanol–water partition coefficient (Wildman–Crippen LogP) is 3.80. The van der Waals surface area contributed by atoms with Crippen molar-refractivity contribution in [2.45, 2.75) is 4.90 Å². The summed E-state index contributed by atoms with van der Waals surface area (Å²) in [6.07, 6.45) is 0. The fourth-order valence-corrected chi connectivity index (χ4v) is 4.36. The van der Waals surface area contributed by atoms with Gasteiger partial charge in [-0.15, -0.1) is 0 Å². The lowest BCUT2D eigenvalue weighted by atomic mass is 10.2. The number of carboxylic acids is 1. The molecule has 122 valence electrons. The molecule has 0 heterocycles. The number of rotatable bonds is 4. The largest absolute Gasteiger partial charge is 0.505 e. The highest BCUT2D eigenvalue weighted by molar-refractivity contribution is 14.1. The third-order valence-electron chi connectivity index (χ3n) is 2.74. The normalized spacial score (nSPS) is 11.3. The van der Waals surface area contributed by atoms with Gasteiger partial charge >= 0.3 is 5.97 Å². The topological polar surface area (TPSA) is 104 Å². The maximum atomic E-state index is 12.4. The van der Waals surface area contributed by atoms with Crippen LogP contribution in [0.1, 0.15) is 10.4 Å². The lowest BCUT2D eigenvalue weighted by Crippen LogP contribution is -2.15. The van der Waals surface area contributed by atoms with E-state index in [4.69, 9.17) is 28.3 Å².